The minimum absolute atomic E-state index is 0.621. The fourth-order valence-corrected chi connectivity index (χ4v) is 8.70. The molecular formula is C64H57N3O2. The van der Waals surface area contributed by atoms with Crippen molar-refractivity contribution >= 4 is 75.5 Å². The van der Waals surface area contributed by atoms with E-state index in [-0.39, 0.29) is 0 Å². The Balaban J connectivity index is 0.923. The molecule has 69 heavy (non-hydrogen) atoms. The van der Waals surface area contributed by atoms with Crippen LogP contribution in [0.25, 0.3) is 24.3 Å². The van der Waals surface area contributed by atoms with Gasteiger partial charge in [-0.05, 0) is 182 Å². The summed E-state index contributed by atoms with van der Waals surface area (Å²) in [4.78, 5) is 6.90. The molecule has 0 unspecified atom stereocenters. The molecule has 5 heteroatoms. The van der Waals surface area contributed by atoms with Crippen molar-refractivity contribution in [3.8, 4) is 11.5 Å². The van der Waals surface area contributed by atoms with E-state index in [9.17, 15) is 0 Å². The van der Waals surface area contributed by atoms with Crippen LogP contribution in [0.5, 0.6) is 11.5 Å². The molecule has 0 radical (unpaired) electrons. The van der Waals surface area contributed by atoms with E-state index < -0.39 is 0 Å². The normalized spacial score (nSPS) is 11.2. The molecule has 9 aromatic carbocycles. The highest BCUT2D eigenvalue weighted by Gasteiger charge is 2.17. The van der Waals surface area contributed by atoms with Crippen LogP contribution in [0.15, 0.2) is 218 Å². The van der Waals surface area contributed by atoms with Crippen LogP contribution in [0.2, 0.25) is 0 Å². The Morgan fingerprint density at radius 3 is 1.04 bits per heavy atom. The number of hydrogen-bond acceptors (Lipinski definition) is 5. The van der Waals surface area contributed by atoms with Crippen LogP contribution in [0.3, 0.4) is 0 Å². The second kappa shape index (κ2) is 21.4. The lowest BCUT2D eigenvalue weighted by Gasteiger charge is -2.27. The van der Waals surface area contributed by atoms with Crippen molar-refractivity contribution in [1.82, 2.24) is 0 Å². The summed E-state index contributed by atoms with van der Waals surface area (Å²) >= 11 is 0. The number of nitrogens with zero attached hydrogens (tertiary/aromatic N) is 3. The summed E-state index contributed by atoms with van der Waals surface area (Å²) in [6.07, 6.45) is 8.69. The van der Waals surface area contributed by atoms with Gasteiger partial charge in [0.05, 0.1) is 13.7 Å². The van der Waals surface area contributed by atoms with Crippen molar-refractivity contribution in [3.63, 3.8) is 0 Å². The van der Waals surface area contributed by atoms with E-state index in [2.05, 4.69) is 254 Å². The average Bonchev–Trinajstić information content (AvgIpc) is 3.39. The minimum atomic E-state index is 0.621. The summed E-state index contributed by atoms with van der Waals surface area (Å²) in [5.41, 5.74) is 18.0. The molecule has 0 aromatic heterocycles. The smallest absolute Gasteiger partial charge is 0.119 e. The molecule has 0 spiro atoms. The predicted octanol–water partition coefficient (Wildman–Crippen LogP) is 17.8. The highest BCUT2D eigenvalue weighted by Crippen LogP contribution is 2.40. The minimum Gasteiger partial charge on any atom is -0.497 e. The van der Waals surface area contributed by atoms with Gasteiger partial charge in [-0.25, -0.2) is 0 Å². The lowest BCUT2D eigenvalue weighted by atomic mass is 10.1. The SMILES string of the molecule is CCOc1ccc(N(c2ccc(/C=C/c3ccc(N(c4ccccc4)c4ccc(C)cc4C)cc3)cc2)c2ccc(/C=C/c3ccc(N(c4ccccc4)c4ccc(OC)cc4C)cc3)cc2)cc1. The maximum absolute atomic E-state index is 5.81. The second-order valence-corrected chi connectivity index (χ2v) is 17.1. The van der Waals surface area contributed by atoms with Crippen molar-refractivity contribution in [3.05, 3.63) is 257 Å². The molecule has 0 fully saturated rings. The summed E-state index contributed by atoms with van der Waals surface area (Å²) in [5, 5.41) is 0. The van der Waals surface area contributed by atoms with Crippen LogP contribution in [-0.4, -0.2) is 13.7 Å². The first kappa shape index (κ1) is 45.6. The van der Waals surface area contributed by atoms with E-state index in [0.29, 0.717) is 6.61 Å². The monoisotopic (exact) mass is 899 g/mol. The van der Waals surface area contributed by atoms with Crippen LogP contribution in [0.4, 0.5) is 51.2 Å². The molecule has 340 valence electrons. The third-order valence-corrected chi connectivity index (χ3v) is 12.2. The van der Waals surface area contributed by atoms with Gasteiger partial charge >= 0.3 is 0 Å². The topological polar surface area (TPSA) is 28.2 Å². The summed E-state index contributed by atoms with van der Waals surface area (Å²) in [6, 6.07) is 77.1. The maximum Gasteiger partial charge on any atom is 0.119 e. The van der Waals surface area contributed by atoms with Crippen molar-refractivity contribution in [1.29, 1.82) is 0 Å². The molecule has 0 aliphatic rings. The molecular weight excluding hydrogens is 843 g/mol. The van der Waals surface area contributed by atoms with Gasteiger partial charge in [0.25, 0.3) is 0 Å². The van der Waals surface area contributed by atoms with Gasteiger partial charge in [0.15, 0.2) is 0 Å². The number of aryl methyl sites for hydroxylation is 3. The van der Waals surface area contributed by atoms with Gasteiger partial charge in [-0.2, -0.15) is 0 Å². The molecule has 5 nitrogen and oxygen atoms in total. The number of methoxy groups -OCH3 is 1. The first-order chi connectivity index (χ1) is 33.8. The highest BCUT2D eigenvalue weighted by atomic mass is 16.5. The van der Waals surface area contributed by atoms with Crippen molar-refractivity contribution in [2.24, 2.45) is 0 Å². The third-order valence-electron chi connectivity index (χ3n) is 12.2. The van der Waals surface area contributed by atoms with Gasteiger partial charge in [0.1, 0.15) is 11.5 Å². The Kier molecular flexibility index (Phi) is 14.1. The second-order valence-electron chi connectivity index (χ2n) is 17.1. The van der Waals surface area contributed by atoms with Gasteiger partial charge in [-0.3, -0.25) is 0 Å². The number of hydrogen-bond donors (Lipinski definition) is 0. The Morgan fingerprint density at radius 1 is 0.348 bits per heavy atom. The summed E-state index contributed by atoms with van der Waals surface area (Å²) in [6.45, 7) is 9.07. The zero-order valence-corrected chi connectivity index (χ0v) is 40.0. The molecule has 0 aliphatic heterocycles. The fraction of sp³-hybridized carbons (Fsp3) is 0.0938. The number of benzene rings is 9. The Labute approximate surface area is 408 Å². The molecule has 0 amide bonds. The Morgan fingerprint density at radius 2 is 0.681 bits per heavy atom. The van der Waals surface area contributed by atoms with Crippen LogP contribution in [0, 0.1) is 20.8 Å². The number of rotatable bonds is 16. The molecule has 0 saturated carbocycles. The zero-order valence-electron chi connectivity index (χ0n) is 40.0. The van der Waals surface area contributed by atoms with Gasteiger partial charge in [0.2, 0.25) is 0 Å². The number of anilines is 9. The molecule has 0 atom stereocenters. The Bertz CT molecular complexity index is 3150. The molecule has 0 saturated heterocycles. The summed E-state index contributed by atoms with van der Waals surface area (Å²) in [7, 11) is 1.70. The fourth-order valence-electron chi connectivity index (χ4n) is 8.70. The Hall–Kier alpha value is -8.54. The first-order valence-corrected chi connectivity index (χ1v) is 23.6. The molecule has 0 heterocycles. The van der Waals surface area contributed by atoms with Crippen LogP contribution < -0.4 is 24.2 Å². The lowest BCUT2D eigenvalue weighted by molar-refractivity contribution is 0.340. The predicted molar refractivity (Wildman–Crippen MR) is 293 cm³/mol. The van der Waals surface area contributed by atoms with Gasteiger partial charge < -0.3 is 24.2 Å². The first-order valence-electron chi connectivity index (χ1n) is 23.6. The van der Waals surface area contributed by atoms with E-state index in [1.54, 1.807) is 7.11 Å². The van der Waals surface area contributed by atoms with E-state index in [1.165, 1.54) is 16.8 Å². The standard InChI is InChI=1S/C64H57N3O2/c1-6-69-61-40-38-58(39-41-61)65(56-30-22-50(23-31-56)18-20-52-26-34-59(35-27-52)66(54-13-9-7-10-14-54)63-43-17-47(2)45-48(63)3)57-32-24-51(25-33-57)19-21-53-28-36-60(37-29-53)67(55-15-11-8-12-16-55)64-44-42-62(68-5)46-49(64)4/h7-46H,6H2,1-5H3/b20-18+,21-19+. The largest absolute Gasteiger partial charge is 0.497 e. The maximum atomic E-state index is 5.81. The van der Waals surface area contributed by atoms with E-state index in [0.717, 1.165) is 84.8 Å². The van der Waals surface area contributed by atoms with Crippen LogP contribution in [-0.2, 0) is 0 Å². The molecule has 9 aromatic rings. The molecule has 0 aliphatic carbocycles. The van der Waals surface area contributed by atoms with Crippen molar-refractivity contribution in [2.45, 2.75) is 27.7 Å². The van der Waals surface area contributed by atoms with Crippen molar-refractivity contribution < 1.29 is 9.47 Å². The van der Waals surface area contributed by atoms with E-state index >= 15 is 0 Å². The van der Waals surface area contributed by atoms with Gasteiger partial charge in [0, 0.05) is 51.2 Å². The van der Waals surface area contributed by atoms with E-state index in [1.807, 2.05) is 31.2 Å². The van der Waals surface area contributed by atoms with E-state index in [4.69, 9.17) is 9.47 Å². The molecule has 0 bridgehead atoms. The zero-order chi connectivity index (χ0) is 47.5. The van der Waals surface area contributed by atoms with Gasteiger partial charge in [-0.1, -0.05) is 127 Å². The summed E-state index contributed by atoms with van der Waals surface area (Å²) < 4.78 is 11.3. The quantitative estimate of drug-likeness (QED) is 0.0901. The summed E-state index contributed by atoms with van der Waals surface area (Å²) in [5.74, 6) is 1.70. The van der Waals surface area contributed by atoms with Gasteiger partial charge in [-0.15, -0.1) is 0 Å². The van der Waals surface area contributed by atoms with Crippen LogP contribution >= 0.6 is 0 Å². The average molecular weight is 900 g/mol. The highest BCUT2D eigenvalue weighted by molar-refractivity contribution is 5.83. The molecule has 9 rings (SSSR count). The van der Waals surface area contributed by atoms with Crippen molar-refractivity contribution in [2.75, 3.05) is 28.4 Å². The number of ether oxygens (including phenoxy) is 2. The molecule has 0 N–H and O–H groups in total. The third kappa shape index (κ3) is 10.9. The lowest BCUT2D eigenvalue weighted by Crippen LogP contribution is -2.11. The van der Waals surface area contributed by atoms with Crippen LogP contribution in [0.1, 0.15) is 45.9 Å². The number of para-hydroxylation sites is 2.